The fourth-order valence-electron chi connectivity index (χ4n) is 3.15. The summed E-state index contributed by atoms with van der Waals surface area (Å²) in [5, 5.41) is 10.7. The van der Waals surface area contributed by atoms with Crippen LogP contribution in [0.3, 0.4) is 0 Å². The topological polar surface area (TPSA) is 81.4 Å². The number of aliphatic hydroxyl groups excluding tert-OH is 1. The highest BCUT2D eigenvalue weighted by Gasteiger charge is 2.31. The van der Waals surface area contributed by atoms with Crippen LogP contribution in [0.5, 0.6) is 0 Å². The standard InChI is InChI=1S/C18H20N2O4/c1-2-24-18(23)14-11-19-16-13(9-6-10-20(16)17(14)22)15(21)12-7-4-3-5-8-12/h3-5,7-8,11,13,15,21H,2,6,9-10H2,1H3/t13-,15?/m0/s1. The molecule has 6 nitrogen and oxygen atoms in total. The van der Waals surface area contributed by atoms with Crippen molar-refractivity contribution in [3.05, 3.63) is 63.8 Å². The first-order chi connectivity index (χ1) is 11.6. The van der Waals surface area contributed by atoms with Crippen LogP contribution in [0, 0.1) is 0 Å². The van der Waals surface area contributed by atoms with Crippen LogP contribution in [0.1, 0.15) is 53.5 Å². The number of aromatic nitrogens is 2. The Morgan fingerprint density at radius 3 is 2.88 bits per heavy atom. The van der Waals surface area contributed by atoms with Crippen LogP contribution in [0.25, 0.3) is 0 Å². The minimum atomic E-state index is -0.738. The Labute approximate surface area is 139 Å². The summed E-state index contributed by atoms with van der Waals surface area (Å²) < 4.78 is 6.39. The quantitative estimate of drug-likeness (QED) is 0.869. The number of rotatable bonds is 4. The van der Waals surface area contributed by atoms with Gasteiger partial charge < -0.3 is 9.84 Å². The molecule has 24 heavy (non-hydrogen) atoms. The fourth-order valence-corrected chi connectivity index (χ4v) is 3.15. The monoisotopic (exact) mass is 328 g/mol. The molecule has 1 aliphatic rings. The highest BCUT2D eigenvalue weighted by Crippen LogP contribution is 2.35. The molecule has 0 amide bonds. The van der Waals surface area contributed by atoms with Gasteiger partial charge in [0.2, 0.25) is 0 Å². The lowest BCUT2D eigenvalue weighted by molar-refractivity contribution is 0.0522. The number of ether oxygens (including phenoxy) is 1. The maximum absolute atomic E-state index is 12.6. The predicted molar refractivity (Wildman–Crippen MR) is 87.8 cm³/mol. The van der Waals surface area contributed by atoms with Gasteiger partial charge in [0, 0.05) is 18.7 Å². The number of carbonyl (C=O) groups excluding carboxylic acids is 1. The van der Waals surface area contributed by atoms with Gasteiger partial charge in [0.15, 0.2) is 0 Å². The van der Waals surface area contributed by atoms with E-state index in [9.17, 15) is 14.7 Å². The van der Waals surface area contributed by atoms with Gasteiger partial charge in [-0.25, -0.2) is 9.78 Å². The van der Waals surface area contributed by atoms with Crippen LogP contribution in [0.15, 0.2) is 41.3 Å². The molecule has 1 unspecified atom stereocenters. The van der Waals surface area contributed by atoms with Gasteiger partial charge >= 0.3 is 5.97 Å². The molecule has 1 aromatic heterocycles. The number of esters is 1. The molecule has 2 atom stereocenters. The average molecular weight is 328 g/mol. The van der Waals surface area contributed by atoms with Crippen molar-refractivity contribution in [2.45, 2.75) is 38.3 Å². The van der Waals surface area contributed by atoms with Crippen molar-refractivity contribution < 1.29 is 14.6 Å². The van der Waals surface area contributed by atoms with Crippen LogP contribution in [-0.2, 0) is 11.3 Å². The van der Waals surface area contributed by atoms with Crippen molar-refractivity contribution in [1.29, 1.82) is 0 Å². The maximum atomic E-state index is 12.6. The zero-order valence-electron chi connectivity index (χ0n) is 13.5. The first-order valence-electron chi connectivity index (χ1n) is 8.13. The van der Waals surface area contributed by atoms with Gasteiger partial charge in [0.1, 0.15) is 11.4 Å². The Morgan fingerprint density at radius 1 is 1.42 bits per heavy atom. The second-order valence-electron chi connectivity index (χ2n) is 5.81. The van der Waals surface area contributed by atoms with Crippen molar-refractivity contribution in [2.24, 2.45) is 0 Å². The molecule has 1 N–H and O–H groups in total. The Balaban J connectivity index is 1.98. The molecule has 3 rings (SSSR count). The molecule has 1 aliphatic heterocycles. The zero-order chi connectivity index (χ0) is 17.1. The van der Waals surface area contributed by atoms with Crippen LogP contribution in [0.2, 0.25) is 0 Å². The highest BCUT2D eigenvalue weighted by molar-refractivity contribution is 5.88. The minimum Gasteiger partial charge on any atom is -0.462 e. The molecule has 1 aromatic carbocycles. The number of carbonyl (C=O) groups is 1. The van der Waals surface area contributed by atoms with Crippen LogP contribution >= 0.6 is 0 Å². The number of hydrogen-bond acceptors (Lipinski definition) is 5. The van der Waals surface area contributed by atoms with Crippen molar-refractivity contribution in [2.75, 3.05) is 6.61 Å². The summed E-state index contributed by atoms with van der Waals surface area (Å²) in [6, 6.07) is 9.33. The van der Waals surface area contributed by atoms with Gasteiger partial charge in [-0.05, 0) is 25.3 Å². The third-order valence-electron chi connectivity index (χ3n) is 4.32. The Bertz CT molecular complexity index is 785. The van der Waals surface area contributed by atoms with Crippen molar-refractivity contribution in [1.82, 2.24) is 9.55 Å². The fraction of sp³-hybridized carbons (Fsp3) is 0.389. The van der Waals surface area contributed by atoms with E-state index in [0.29, 0.717) is 12.4 Å². The Hall–Kier alpha value is -2.47. The SMILES string of the molecule is CCOC(=O)c1cnc2n(c1=O)CCC[C@H]2C(O)c1ccccc1. The average Bonchev–Trinajstić information content (AvgIpc) is 2.62. The van der Waals surface area contributed by atoms with Crippen LogP contribution in [0.4, 0.5) is 0 Å². The number of fused-ring (bicyclic) bond motifs is 1. The van der Waals surface area contributed by atoms with Crippen molar-refractivity contribution in [3.63, 3.8) is 0 Å². The van der Waals surface area contributed by atoms with E-state index in [1.54, 1.807) is 6.92 Å². The predicted octanol–water partition coefficient (Wildman–Crippen LogP) is 2.03. The van der Waals surface area contributed by atoms with Crippen LogP contribution < -0.4 is 5.56 Å². The van der Waals surface area contributed by atoms with E-state index in [4.69, 9.17) is 4.74 Å². The third-order valence-corrected chi connectivity index (χ3v) is 4.32. The molecular formula is C18H20N2O4. The van der Waals surface area contributed by atoms with E-state index >= 15 is 0 Å². The molecule has 0 saturated carbocycles. The second-order valence-corrected chi connectivity index (χ2v) is 5.81. The molecule has 2 heterocycles. The minimum absolute atomic E-state index is 0.0598. The molecule has 2 aromatic rings. The van der Waals surface area contributed by atoms with Gasteiger partial charge in [-0.15, -0.1) is 0 Å². The lowest BCUT2D eigenvalue weighted by atomic mass is 9.88. The smallest absolute Gasteiger partial charge is 0.345 e. The first kappa shape index (κ1) is 16.4. The van der Waals surface area contributed by atoms with Crippen molar-refractivity contribution in [3.8, 4) is 0 Å². The van der Waals surface area contributed by atoms with E-state index in [2.05, 4.69) is 4.98 Å². The molecule has 0 spiro atoms. The normalized spacial score (nSPS) is 17.8. The van der Waals surface area contributed by atoms with Gasteiger partial charge in [-0.1, -0.05) is 30.3 Å². The van der Waals surface area contributed by atoms with Gasteiger partial charge in [0.05, 0.1) is 12.7 Å². The van der Waals surface area contributed by atoms with E-state index in [1.807, 2.05) is 30.3 Å². The summed E-state index contributed by atoms with van der Waals surface area (Å²) in [6.07, 6.45) is 2.01. The maximum Gasteiger partial charge on any atom is 0.345 e. The number of nitrogens with zero attached hydrogens (tertiary/aromatic N) is 2. The van der Waals surface area contributed by atoms with E-state index in [1.165, 1.54) is 10.8 Å². The Morgan fingerprint density at radius 2 is 2.17 bits per heavy atom. The molecule has 126 valence electrons. The summed E-state index contributed by atoms with van der Waals surface area (Å²) in [5.41, 5.74) is 0.332. The van der Waals surface area contributed by atoms with Crippen molar-refractivity contribution >= 4 is 5.97 Å². The van der Waals surface area contributed by atoms with E-state index < -0.39 is 17.6 Å². The summed E-state index contributed by atoms with van der Waals surface area (Å²) in [4.78, 5) is 28.8. The molecule has 0 saturated heterocycles. The van der Waals surface area contributed by atoms with Gasteiger partial charge in [0.25, 0.3) is 5.56 Å². The number of hydrogen-bond donors (Lipinski definition) is 1. The van der Waals surface area contributed by atoms with E-state index in [0.717, 1.165) is 18.4 Å². The zero-order valence-corrected chi connectivity index (χ0v) is 13.5. The highest BCUT2D eigenvalue weighted by atomic mass is 16.5. The number of aliphatic hydroxyl groups is 1. The lowest BCUT2D eigenvalue weighted by Gasteiger charge is -2.29. The van der Waals surface area contributed by atoms with Crippen LogP contribution in [-0.4, -0.2) is 27.2 Å². The molecule has 0 bridgehead atoms. The number of benzene rings is 1. The first-order valence-corrected chi connectivity index (χ1v) is 8.13. The molecule has 0 fully saturated rings. The van der Waals surface area contributed by atoms with E-state index in [-0.39, 0.29) is 18.1 Å². The van der Waals surface area contributed by atoms with Gasteiger partial charge in [-0.3, -0.25) is 9.36 Å². The van der Waals surface area contributed by atoms with Gasteiger partial charge in [-0.2, -0.15) is 0 Å². The Kier molecular flexibility index (Phi) is 4.76. The summed E-state index contributed by atoms with van der Waals surface area (Å²) in [5.74, 6) is -0.406. The summed E-state index contributed by atoms with van der Waals surface area (Å²) >= 11 is 0. The molecule has 6 heteroatoms. The molecule has 0 radical (unpaired) electrons. The summed E-state index contributed by atoms with van der Waals surface area (Å²) in [7, 11) is 0. The third kappa shape index (κ3) is 2.97. The second kappa shape index (κ2) is 6.97. The molecular weight excluding hydrogens is 308 g/mol. The molecule has 0 aliphatic carbocycles. The largest absolute Gasteiger partial charge is 0.462 e. The summed E-state index contributed by atoms with van der Waals surface area (Å²) in [6.45, 7) is 2.38. The lowest BCUT2D eigenvalue weighted by Crippen LogP contribution is -2.35.